The maximum absolute atomic E-state index is 11.2. The Labute approximate surface area is 93.1 Å². The second-order valence-corrected chi connectivity index (χ2v) is 4.15. The molecule has 0 aliphatic rings. The van der Waals surface area contributed by atoms with Crippen molar-refractivity contribution < 1.29 is 8.94 Å². The van der Waals surface area contributed by atoms with E-state index in [0.717, 1.165) is 21.6 Å². The van der Waals surface area contributed by atoms with Crippen LogP contribution in [0.25, 0.3) is 21.6 Å². The van der Waals surface area contributed by atoms with Crippen LogP contribution < -0.4 is 10.7 Å². The number of nitrogens with two attached hydrogens (primary N) is 1. The SMILES string of the molecule is Nc1cc(-c2cccc3oc(=O)sc23)on1. The van der Waals surface area contributed by atoms with E-state index in [1.165, 1.54) is 0 Å². The summed E-state index contributed by atoms with van der Waals surface area (Å²) in [6.07, 6.45) is 0. The van der Waals surface area contributed by atoms with Crippen LogP contribution in [0.1, 0.15) is 0 Å². The summed E-state index contributed by atoms with van der Waals surface area (Å²) in [6.45, 7) is 0. The predicted molar refractivity (Wildman–Crippen MR) is 60.3 cm³/mol. The fourth-order valence-corrected chi connectivity index (χ4v) is 2.29. The van der Waals surface area contributed by atoms with Gasteiger partial charge in [0, 0.05) is 11.6 Å². The molecule has 0 aliphatic heterocycles. The Morgan fingerprint density at radius 3 is 3.00 bits per heavy atom. The molecule has 0 amide bonds. The van der Waals surface area contributed by atoms with Crippen LogP contribution in [0.5, 0.6) is 0 Å². The van der Waals surface area contributed by atoms with Crippen molar-refractivity contribution in [2.24, 2.45) is 0 Å². The lowest BCUT2D eigenvalue weighted by Gasteiger charge is -1.94. The number of fused-ring (bicyclic) bond motifs is 1. The van der Waals surface area contributed by atoms with Gasteiger partial charge in [0.2, 0.25) is 0 Å². The van der Waals surface area contributed by atoms with E-state index in [0.29, 0.717) is 17.2 Å². The van der Waals surface area contributed by atoms with E-state index in [1.54, 1.807) is 18.2 Å². The molecular formula is C10H6N2O3S. The quantitative estimate of drug-likeness (QED) is 0.697. The first-order valence-corrected chi connectivity index (χ1v) is 5.31. The molecule has 1 aromatic carbocycles. The predicted octanol–water partition coefficient (Wildman–Crippen LogP) is 2.09. The van der Waals surface area contributed by atoms with Crippen molar-refractivity contribution in [3.8, 4) is 11.3 Å². The maximum Gasteiger partial charge on any atom is 0.396 e. The lowest BCUT2D eigenvalue weighted by Crippen LogP contribution is -1.80. The van der Waals surface area contributed by atoms with Crippen molar-refractivity contribution >= 4 is 27.4 Å². The van der Waals surface area contributed by atoms with Crippen LogP contribution in [0.4, 0.5) is 5.82 Å². The molecule has 0 unspecified atom stereocenters. The summed E-state index contributed by atoms with van der Waals surface area (Å²) >= 11 is 1.03. The van der Waals surface area contributed by atoms with Crippen molar-refractivity contribution in [1.29, 1.82) is 0 Å². The molecule has 0 fully saturated rings. The number of hydrogen-bond donors (Lipinski definition) is 1. The van der Waals surface area contributed by atoms with E-state index in [9.17, 15) is 4.79 Å². The Hall–Kier alpha value is -2.08. The van der Waals surface area contributed by atoms with Gasteiger partial charge in [-0.15, -0.1) is 0 Å². The van der Waals surface area contributed by atoms with Gasteiger partial charge in [0.1, 0.15) is 5.58 Å². The zero-order chi connectivity index (χ0) is 11.1. The van der Waals surface area contributed by atoms with Gasteiger partial charge in [-0.2, -0.15) is 0 Å². The van der Waals surface area contributed by atoms with Crippen molar-refractivity contribution in [2.75, 3.05) is 5.73 Å². The summed E-state index contributed by atoms with van der Waals surface area (Å²) in [7, 11) is 0. The van der Waals surface area contributed by atoms with E-state index in [1.807, 2.05) is 6.07 Å². The van der Waals surface area contributed by atoms with Crippen molar-refractivity contribution in [3.63, 3.8) is 0 Å². The van der Waals surface area contributed by atoms with E-state index < -0.39 is 0 Å². The average molecular weight is 234 g/mol. The summed E-state index contributed by atoms with van der Waals surface area (Å²) in [5.74, 6) is 0.836. The molecule has 2 heterocycles. The highest BCUT2D eigenvalue weighted by atomic mass is 32.1. The first kappa shape index (κ1) is 9.17. The average Bonchev–Trinajstić information content (AvgIpc) is 2.82. The minimum absolute atomic E-state index is 0.308. The number of nitrogen functional groups attached to an aromatic ring is 1. The molecule has 2 N–H and O–H groups in total. The van der Waals surface area contributed by atoms with Crippen LogP contribution in [-0.4, -0.2) is 5.16 Å². The fourth-order valence-electron chi connectivity index (χ4n) is 1.51. The first-order chi connectivity index (χ1) is 7.74. The molecule has 3 aromatic rings. The maximum atomic E-state index is 11.2. The summed E-state index contributed by atoms with van der Waals surface area (Å²) in [5, 5.41) is 3.61. The van der Waals surface area contributed by atoms with Gasteiger partial charge in [-0.1, -0.05) is 22.6 Å². The third-order valence-electron chi connectivity index (χ3n) is 2.15. The van der Waals surface area contributed by atoms with Crippen LogP contribution in [0, 0.1) is 0 Å². The van der Waals surface area contributed by atoms with Gasteiger partial charge in [-0.25, -0.2) is 4.79 Å². The molecule has 0 spiro atoms. The third-order valence-corrected chi connectivity index (χ3v) is 3.03. The van der Waals surface area contributed by atoms with Gasteiger partial charge in [-0.3, -0.25) is 0 Å². The summed E-state index contributed by atoms with van der Waals surface area (Å²) in [4.78, 5) is 10.8. The normalized spacial score (nSPS) is 11.0. The Morgan fingerprint density at radius 2 is 2.25 bits per heavy atom. The summed E-state index contributed by atoms with van der Waals surface area (Å²) in [6, 6.07) is 6.95. The van der Waals surface area contributed by atoms with Crippen LogP contribution in [0.15, 0.2) is 38.0 Å². The lowest BCUT2D eigenvalue weighted by molar-refractivity contribution is 0.436. The zero-order valence-electron chi connectivity index (χ0n) is 7.97. The number of rotatable bonds is 1. The molecule has 0 bridgehead atoms. The molecule has 5 nitrogen and oxygen atoms in total. The van der Waals surface area contributed by atoms with E-state index >= 15 is 0 Å². The van der Waals surface area contributed by atoms with Crippen molar-refractivity contribution in [1.82, 2.24) is 5.16 Å². The molecule has 0 saturated heterocycles. The highest BCUT2D eigenvalue weighted by Crippen LogP contribution is 2.31. The molecule has 80 valence electrons. The number of benzene rings is 1. The Kier molecular flexibility index (Phi) is 1.84. The van der Waals surface area contributed by atoms with E-state index in [2.05, 4.69) is 5.16 Å². The highest BCUT2D eigenvalue weighted by molar-refractivity contribution is 7.16. The number of nitrogens with zero attached hydrogens (tertiary/aromatic N) is 1. The Balaban J connectivity index is 2.34. The van der Waals surface area contributed by atoms with Crippen LogP contribution in [0.3, 0.4) is 0 Å². The van der Waals surface area contributed by atoms with Crippen LogP contribution in [-0.2, 0) is 0 Å². The minimum Gasteiger partial charge on any atom is -0.414 e. The van der Waals surface area contributed by atoms with Gasteiger partial charge in [0.05, 0.1) is 4.70 Å². The smallest absolute Gasteiger partial charge is 0.396 e. The van der Waals surface area contributed by atoms with E-state index in [4.69, 9.17) is 14.7 Å². The van der Waals surface area contributed by atoms with Gasteiger partial charge in [-0.05, 0) is 12.1 Å². The number of hydrogen-bond acceptors (Lipinski definition) is 6. The number of aromatic nitrogens is 1. The molecule has 16 heavy (non-hydrogen) atoms. The molecule has 6 heteroatoms. The fraction of sp³-hybridized carbons (Fsp3) is 0. The standard InChI is InChI=1S/C10H6N2O3S/c11-8-4-7(15-12-8)5-2-1-3-6-9(5)16-10(13)14-6/h1-4H,(H2,11,12). The zero-order valence-corrected chi connectivity index (χ0v) is 8.78. The molecule has 0 saturated carbocycles. The third kappa shape index (κ3) is 1.31. The van der Waals surface area contributed by atoms with Crippen LogP contribution >= 0.6 is 11.3 Å². The topological polar surface area (TPSA) is 82.3 Å². The van der Waals surface area contributed by atoms with Crippen molar-refractivity contribution in [2.45, 2.75) is 0 Å². The van der Waals surface area contributed by atoms with Gasteiger partial charge in [0.15, 0.2) is 11.6 Å². The van der Waals surface area contributed by atoms with Gasteiger partial charge in [0.25, 0.3) is 0 Å². The minimum atomic E-state index is -0.338. The van der Waals surface area contributed by atoms with Crippen molar-refractivity contribution in [3.05, 3.63) is 34.0 Å². The largest absolute Gasteiger partial charge is 0.414 e. The van der Waals surface area contributed by atoms with Gasteiger partial charge < -0.3 is 14.7 Å². The molecule has 2 aromatic heterocycles. The lowest BCUT2D eigenvalue weighted by atomic mass is 10.2. The Bertz CT molecular complexity index is 710. The summed E-state index contributed by atoms with van der Waals surface area (Å²) < 4.78 is 10.8. The molecule has 0 aliphatic carbocycles. The molecular weight excluding hydrogens is 228 g/mol. The monoisotopic (exact) mass is 234 g/mol. The molecule has 3 rings (SSSR count). The second kappa shape index (κ2) is 3.21. The first-order valence-electron chi connectivity index (χ1n) is 4.49. The Morgan fingerprint density at radius 1 is 1.38 bits per heavy atom. The van der Waals surface area contributed by atoms with Crippen LogP contribution in [0.2, 0.25) is 0 Å². The molecule has 0 radical (unpaired) electrons. The molecule has 0 atom stereocenters. The summed E-state index contributed by atoms with van der Waals surface area (Å²) in [5.41, 5.74) is 6.78. The second-order valence-electron chi connectivity index (χ2n) is 3.20. The van der Waals surface area contributed by atoms with E-state index in [-0.39, 0.29) is 4.94 Å². The highest BCUT2D eigenvalue weighted by Gasteiger charge is 2.12. The number of anilines is 1. The van der Waals surface area contributed by atoms with Gasteiger partial charge >= 0.3 is 4.94 Å².